The van der Waals surface area contributed by atoms with E-state index in [1.54, 1.807) is 26.5 Å². The van der Waals surface area contributed by atoms with Crippen molar-refractivity contribution in [2.45, 2.75) is 18.3 Å². The first-order valence-electron chi connectivity index (χ1n) is 7.33. The molecule has 1 aliphatic rings. The lowest BCUT2D eigenvalue weighted by molar-refractivity contribution is 0.0945. The van der Waals surface area contributed by atoms with E-state index in [1.165, 1.54) is 5.56 Å². The van der Waals surface area contributed by atoms with Crippen molar-refractivity contribution in [1.82, 2.24) is 10.3 Å². The molecule has 3 rings (SSSR count). The van der Waals surface area contributed by atoms with Gasteiger partial charge in [0.25, 0.3) is 5.91 Å². The minimum atomic E-state index is -0.0725. The summed E-state index contributed by atoms with van der Waals surface area (Å²) in [7, 11) is 3.26. The normalized spacial score (nSPS) is 15.2. The first-order valence-corrected chi connectivity index (χ1v) is 7.33. The van der Waals surface area contributed by atoms with Gasteiger partial charge in [-0.25, -0.2) is 0 Å². The van der Waals surface area contributed by atoms with Crippen LogP contribution in [0.2, 0.25) is 0 Å². The third-order valence-corrected chi connectivity index (χ3v) is 4.28. The van der Waals surface area contributed by atoms with E-state index in [0.29, 0.717) is 12.2 Å². The van der Waals surface area contributed by atoms with Crippen LogP contribution in [0.5, 0.6) is 11.5 Å². The molecule has 22 heavy (non-hydrogen) atoms. The molecule has 1 fully saturated rings. The predicted octanol–water partition coefficient (Wildman–Crippen LogP) is 2.49. The Hall–Kier alpha value is -2.43. The van der Waals surface area contributed by atoms with Gasteiger partial charge in [0.1, 0.15) is 5.69 Å². The summed E-state index contributed by atoms with van der Waals surface area (Å²) in [6.45, 7) is 0.625. The number of H-pyrrole nitrogens is 1. The molecule has 1 aromatic heterocycles. The zero-order valence-corrected chi connectivity index (χ0v) is 12.8. The second-order valence-corrected chi connectivity index (χ2v) is 5.62. The number of carbonyl (C=O) groups excluding carboxylic acids is 1. The minimum absolute atomic E-state index is 0.0157. The van der Waals surface area contributed by atoms with Gasteiger partial charge in [-0.05, 0) is 42.7 Å². The number of methoxy groups -OCH3 is 2. The monoisotopic (exact) mass is 300 g/mol. The number of carbonyl (C=O) groups is 1. The SMILES string of the molecule is COc1ccc(C2(CNC(=O)c3ccc[nH]3)CC2)cc1OC. The van der Waals surface area contributed by atoms with Crippen LogP contribution in [0.15, 0.2) is 36.5 Å². The highest BCUT2D eigenvalue weighted by Crippen LogP contribution is 2.49. The standard InChI is InChI=1S/C17H20N2O3/c1-21-14-6-5-12(10-15(14)22-2)17(7-8-17)11-19-16(20)13-4-3-9-18-13/h3-6,9-10,18H,7-8,11H2,1-2H3,(H,19,20). The Morgan fingerprint density at radius 2 is 2.00 bits per heavy atom. The number of benzene rings is 1. The lowest BCUT2D eigenvalue weighted by atomic mass is 9.95. The molecule has 2 N–H and O–H groups in total. The number of rotatable bonds is 6. The summed E-state index contributed by atoms with van der Waals surface area (Å²) in [6, 6.07) is 9.56. The summed E-state index contributed by atoms with van der Waals surface area (Å²) in [4.78, 5) is 15.0. The van der Waals surface area contributed by atoms with Crippen molar-refractivity contribution >= 4 is 5.91 Å². The Bertz CT molecular complexity index is 661. The topological polar surface area (TPSA) is 63.3 Å². The van der Waals surface area contributed by atoms with E-state index >= 15 is 0 Å². The number of aromatic nitrogens is 1. The summed E-state index contributed by atoms with van der Waals surface area (Å²) in [5, 5.41) is 3.01. The lowest BCUT2D eigenvalue weighted by Gasteiger charge is -2.18. The van der Waals surface area contributed by atoms with Gasteiger partial charge >= 0.3 is 0 Å². The van der Waals surface area contributed by atoms with Gasteiger partial charge in [0.15, 0.2) is 11.5 Å². The third-order valence-electron chi connectivity index (χ3n) is 4.28. The molecule has 1 saturated carbocycles. The van der Waals surface area contributed by atoms with E-state index in [0.717, 1.165) is 24.3 Å². The number of amides is 1. The summed E-state index contributed by atoms with van der Waals surface area (Å²) in [5.74, 6) is 1.37. The highest BCUT2D eigenvalue weighted by atomic mass is 16.5. The Morgan fingerprint density at radius 3 is 2.59 bits per heavy atom. The molecule has 5 nitrogen and oxygen atoms in total. The maximum atomic E-state index is 12.0. The Balaban J connectivity index is 1.72. The van der Waals surface area contributed by atoms with E-state index in [4.69, 9.17) is 9.47 Å². The molecule has 116 valence electrons. The van der Waals surface area contributed by atoms with Crippen LogP contribution in [0, 0.1) is 0 Å². The first-order chi connectivity index (χ1) is 10.7. The smallest absolute Gasteiger partial charge is 0.267 e. The second-order valence-electron chi connectivity index (χ2n) is 5.62. The number of hydrogen-bond acceptors (Lipinski definition) is 3. The van der Waals surface area contributed by atoms with Gasteiger partial charge in [0, 0.05) is 18.2 Å². The summed E-state index contributed by atoms with van der Waals surface area (Å²) in [6.07, 6.45) is 3.87. The fraction of sp³-hybridized carbons (Fsp3) is 0.353. The average Bonchev–Trinajstić information content (AvgIpc) is 3.15. The number of nitrogens with one attached hydrogen (secondary N) is 2. The second kappa shape index (κ2) is 5.75. The van der Waals surface area contributed by atoms with E-state index in [2.05, 4.69) is 16.4 Å². The summed E-state index contributed by atoms with van der Waals surface area (Å²) >= 11 is 0. The van der Waals surface area contributed by atoms with Gasteiger partial charge in [-0.3, -0.25) is 4.79 Å². The zero-order valence-electron chi connectivity index (χ0n) is 12.8. The first kappa shape index (κ1) is 14.5. The summed E-state index contributed by atoms with van der Waals surface area (Å²) in [5.41, 5.74) is 1.78. The molecule has 1 amide bonds. The molecule has 1 aromatic carbocycles. The van der Waals surface area contributed by atoms with Crippen molar-refractivity contribution < 1.29 is 14.3 Å². The molecule has 5 heteroatoms. The van der Waals surface area contributed by atoms with Crippen LogP contribution < -0.4 is 14.8 Å². The Morgan fingerprint density at radius 1 is 1.23 bits per heavy atom. The van der Waals surface area contributed by atoms with E-state index in [9.17, 15) is 4.79 Å². The predicted molar refractivity (Wildman–Crippen MR) is 83.6 cm³/mol. The maximum absolute atomic E-state index is 12.0. The molecule has 2 aromatic rings. The molecular formula is C17H20N2O3. The average molecular weight is 300 g/mol. The number of aromatic amines is 1. The van der Waals surface area contributed by atoms with E-state index in [-0.39, 0.29) is 11.3 Å². The fourth-order valence-corrected chi connectivity index (χ4v) is 2.70. The van der Waals surface area contributed by atoms with Gasteiger partial charge in [-0.2, -0.15) is 0 Å². The van der Waals surface area contributed by atoms with Crippen LogP contribution in [0.1, 0.15) is 28.9 Å². The fourth-order valence-electron chi connectivity index (χ4n) is 2.70. The molecule has 0 bridgehead atoms. The van der Waals surface area contributed by atoms with Crippen molar-refractivity contribution in [3.8, 4) is 11.5 Å². The zero-order chi connectivity index (χ0) is 15.6. The Kier molecular flexibility index (Phi) is 3.79. The molecule has 1 aliphatic carbocycles. The van der Waals surface area contributed by atoms with Gasteiger partial charge in [-0.15, -0.1) is 0 Å². The van der Waals surface area contributed by atoms with Gasteiger partial charge in [0.05, 0.1) is 14.2 Å². The van der Waals surface area contributed by atoms with Crippen molar-refractivity contribution in [2.75, 3.05) is 20.8 Å². The molecule has 1 heterocycles. The third kappa shape index (κ3) is 2.66. The molecule has 0 radical (unpaired) electrons. The van der Waals surface area contributed by atoms with Crippen molar-refractivity contribution in [1.29, 1.82) is 0 Å². The number of hydrogen-bond donors (Lipinski definition) is 2. The lowest BCUT2D eigenvalue weighted by Crippen LogP contribution is -2.32. The molecule has 0 spiro atoms. The highest BCUT2D eigenvalue weighted by molar-refractivity contribution is 5.92. The van der Waals surface area contributed by atoms with Crippen LogP contribution in [0.25, 0.3) is 0 Å². The molecule has 0 unspecified atom stereocenters. The van der Waals surface area contributed by atoms with Crippen LogP contribution >= 0.6 is 0 Å². The minimum Gasteiger partial charge on any atom is -0.493 e. The van der Waals surface area contributed by atoms with Crippen LogP contribution in [0.3, 0.4) is 0 Å². The van der Waals surface area contributed by atoms with E-state index in [1.807, 2.05) is 18.2 Å². The summed E-state index contributed by atoms with van der Waals surface area (Å²) < 4.78 is 10.6. The van der Waals surface area contributed by atoms with Gasteiger partial charge in [0.2, 0.25) is 0 Å². The van der Waals surface area contributed by atoms with Gasteiger partial charge < -0.3 is 19.8 Å². The van der Waals surface area contributed by atoms with E-state index < -0.39 is 0 Å². The molecule has 0 atom stereocenters. The number of ether oxygens (including phenoxy) is 2. The highest BCUT2D eigenvalue weighted by Gasteiger charge is 2.44. The van der Waals surface area contributed by atoms with Crippen molar-refractivity contribution in [3.63, 3.8) is 0 Å². The van der Waals surface area contributed by atoms with Crippen molar-refractivity contribution in [2.24, 2.45) is 0 Å². The Labute approximate surface area is 129 Å². The van der Waals surface area contributed by atoms with Crippen LogP contribution in [-0.2, 0) is 5.41 Å². The molecular weight excluding hydrogens is 280 g/mol. The van der Waals surface area contributed by atoms with Crippen LogP contribution in [-0.4, -0.2) is 31.7 Å². The van der Waals surface area contributed by atoms with Crippen molar-refractivity contribution in [3.05, 3.63) is 47.8 Å². The molecule has 0 aliphatic heterocycles. The maximum Gasteiger partial charge on any atom is 0.267 e. The van der Waals surface area contributed by atoms with Gasteiger partial charge in [-0.1, -0.05) is 6.07 Å². The quantitative estimate of drug-likeness (QED) is 0.861. The van der Waals surface area contributed by atoms with Crippen LogP contribution in [0.4, 0.5) is 0 Å². The molecule has 0 saturated heterocycles. The largest absolute Gasteiger partial charge is 0.493 e.